The first-order valence-corrected chi connectivity index (χ1v) is 22.3. The van der Waals surface area contributed by atoms with Gasteiger partial charge in [-0.05, 0) is 79.4 Å². The van der Waals surface area contributed by atoms with Crippen LogP contribution in [0.4, 0.5) is 17.1 Å². The Morgan fingerprint density at radius 2 is 0.741 bits per heavy atom. The van der Waals surface area contributed by atoms with Crippen molar-refractivity contribution in [1.29, 1.82) is 0 Å². The number of fused-ring (bicyclic) bond motifs is 14. The predicted molar refractivity (Wildman–Crippen MR) is 245 cm³/mol. The lowest BCUT2D eigenvalue weighted by Gasteiger charge is -2.53. The molecule has 0 saturated carbocycles. The van der Waals surface area contributed by atoms with Gasteiger partial charge in [0.15, 0.2) is 8.07 Å². The van der Waals surface area contributed by atoms with Crippen LogP contribution in [0.3, 0.4) is 0 Å². The number of benzene rings is 9. The summed E-state index contributed by atoms with van der Waals surface area (Å²) in [6, 6.07) is 82.7. The maximum Gasteiger partial charge on any atom is 0.180 e. The molecule has 0 bridgehead atoms. The van der Waals surface area contributed by atoms with Crippen LogP contribution in [0.2, 0.25) is 0 Å². The van der Waals surface area contributed by atoms with Crippen LogP contribution in [0.25, 0.3) is 38.1 Å². The molecule has 13 rings (SSSR count). The second-order valence-corrected chi connectivity index (χ2v) is 19.7. The largest absolute Gasteiger partial charge is 0.310 e. The summed E-state index contributed by atoms with van der Waals surface area (Å²) in [5.74, 6) is 0. The molecule has 1 spiro atoms. The number of anilines is 3. The van der Waals surface area contributed by atoms with E-state index in [-0.39, 0.29) is 0 Å². The molecule has 2 aromatic heterocycles. The molecule has 0 amide bonds. The third-order valence-corrected chi connectivity index (χ3v) is 18.3. The van der Waals surface area contributed by atoms with E-state index in [4.69, 9.17) is 0 Å². The van der Waals surface area contributed by atoms with Gasteiger partial charge in [-0.3, -0.25) is 0 Å². The number of aromatic nitrogens is 1. The van der Waals surface area contributed by atoms with Crippen molar-refractivity contribution >= 4 is 84.0 Å². The fourth-order valence-corrected chi connectivity index (χ4v) is 16.7. The molecule has 0 aliphatic carbocycles. The molecule has 3 heteroatoms. The summed E-state index contributed by atoms with van der Waals surface area (Å²) in [5.41, 5.74) is 12.2. The zero-order valence-electron chi connectivity index (χ0n) is 31.7. The normalized spacial score (nSPS) is 14.8. The van der Waals surface area contributed by atoms with Crippen LogP contribution in [0.15, 0.2) is 218 Å². The topological polar surface area (TPSA) is 7.65 Å². The summed E-state index contributed by atoms with van der Waals surface area (Å²) in [6.45, 7) is 0. The number of rotatable bonds is 3. The van der Waals surface area contributed by atoms with Crippen molar-refractivity contribution in [3.63, 3.8) is 0 Å². The van der Waals surface area contributed by atoms with Crippen LogP contribution in [-0.2, 0) is 5.41 Å². The van der Waals surface area contributed by atoms with E-state index in [9.17, 15) is 0 Å². The second-order valence-electron chi connectivity index (χ2n) is 16.0. The molecule has 0 N–H and O–H groups in total. The minimum Gasteiger partial charge on any atom is -0.310 e. The van der Waals surface area contributed by atoms with Crippen LogP contribution in [0, 0.1) is 0 Å². The molecule has 0 unspecified atom stereocenters. The zero-order valence-corrected chi connectivity index (χ0v) is 32.7. The van der Waals surface area contributed by atoms with Gasteiger partial charge in [-0.2, -0.15) is 0 Å². The van der Waals surface area contributed by atoms with Crippen molar-refractivity contribution in [3.05, 3.63) is 241 Å². The molecule has 2 aliphatic rings. The zero-order chi connectivity index (χ0) is 38.0. The molecule has 0 atom stereocenters. The second kappa shape index (κ2) is 11.7. The summed E-state index contributed by atoms with van der Waals surface area (Å²) in [6.07, 6.45) is 0. The smallest absolute Gasteiger partial charge is 0.180 e. The summed E-state index contributed by atoms with van der Waals surface area (Å²) in [4.78, 5) is 2.55. The summed E-state index contributed by atoms with van der Waals surface area (Å²) in [7, 11) is -2.81. The third kappa shape index (κ3) is 3.82. The highest BCUT2D eigenvalue weighted by Crippen LogP contribution is 2.59. The van der Waals surface area contributed by atoms with Gasteiger partial charge >= 0.3 is 0 Å². The van der Waals surface area contributed by atoms with Crippen LogP contribution < -0.4 is 25.6 Å². The lowest BCUT2D eigenvalue weighted by molar-refractivity contribution is 0.736. The first-order valence-electron chi connectivity index (χ1n) is 20.3. The SMILES string of the molecule is c1ccc([Si]2(c3ccccc3)c3ccccc3C3(c4ccccc4N(c4cc5c6ccccc6n6c7ccccc7c(c4)c56)c4ccccc43)c3ccccc32)cc1. The van der Waals surface area contributed by atoms with Gasteiger partial charge in [0.2, 0.25) is 0 Å². The molecule has 2 nitrogen and oxygen atoms in total. The Bertz CT molecular complexity index is 3200. The predicted octanol–water partition coefficient (Wildman–Crippen LogP) is 10.7. The summed E-state index contributed by atoms with van der Waals surface area (Å²) in [5, 5.41) is 10.8. The van der Waals surface area contributed by atoms with E-state index in [2.05, 4.69) is 228 Å². The van der Waals surface area contributed by atoms with E-state index in [1.165, 1.54) is 98.2 Å². The van der Waals surface area contributed by atoms with E-state index >= 15 is 0 Å². The van der Waals surface area contributed by atoms with Gasteiger partial charge in [0.25, 0.3) is 0 Å². The standard InChI is InChI=1S/C55H36N2Si/c1-3-19-38(20-4-1)58(39-21-5-2-6-22-39)52-33-17-11-27-46(52)55(47-28-12-18-34-53(47)58)44-25-9-15-31-50(44)56(51-32-16-10-26-45(51)55)37-35-42-40-23-7-13-29-48(40)57-49-30-14-8-24-41(49)43(36-37)54(42)57/h1-36H. The minimum absolute atomic E-state index is 0.569. The first kappa shape index (κ1) is 31.9. The van der Waals surface area contributed by atoms with Crippen molar-refractivity contribution in [2.75, 3.05) is 4.90 Å². The highest BCUT2D eigenvalue weighted by Gasteiger charge is 2.57. The van der Waals surface area contributed by atoms with Crippen LogP contribution in [0.5, 0.6) is 0 Å². The summed E-state index contributed by atoms with van der Waals surface area (Å²) < 4.78 is 2.47. The van der Waals surface area contributed by atoms with E-state index in [1.54, 1.807) is 0 Å². The molecule has 11 aromatic rings. The number of hydrogen-bond acceptors (Lipinski definition) is 1. The molecule has 270 valence electrons. The average Bonchev–Trinajstić information content (AvgIpc) is 3.82. The fourth-order valence-electron chi connectivity index (χ4n) is 11.4. The Morgan fingerprint density at radius 1 is 0.345 bits per heavy atom. The van der Waals surface area contributed by atoms with Crippen molar-refractivity contribution in [1.82, 2.24) is 4.40 Å². The van der Waals surface area contributed by atoms with Crippen LogP contribution in [-0.4, -0.2) is 12.5 Å². The fraction of sp³-hybridized carbons (Fsp3) is 0.0182. The van der Waals surface area contributed by atoms with Crippen molar-refractivity contribution < 1.29 is 0 Å². The van der Waals surface area contributed by atoms with Crippen molar-refractivity contribution in [2.45, 2.75) is 5.41 Å². The van der Waals surface area contributed by atoms with E-state index in [0.29, 0.717) is 0 Å². The Morgan fingerprint density at radius 3 is 1.24 bits per heavy atom. The Labute approximate surface area is 337 Å². The van der Waals surface area contributed by atoms with Gasteiger partial charge in [0, 0.05) is 27.2 Å². The van der Waals surface area contributed by atoms with E-state index in [1.807, 2.05) is 0 Å². The van der Waals surface area contributed by atoms with Gasteiger partial charge in [0.1, 0.15) is 0 Å². The molecule has 0 saturated heterocycles. The van der Waals surface area contributed by atoms with Crippen LogP contribution in [0.1, 0.15) is 22.3 Å². The van der Waals surface area contributed by atoms with E-state index < -0.39 is 13.5 Å². The number of hydrogen-bond donors (Lipinski definition) is 0. The highest BCUT2D eigenvalue weighted by molar-refractivity contribution is 7.20. The monoisotopic (exact) mass is 752 g/mol. The van der Waals surface area contributed by atoms with Crippen molar-refractivity contribution in [2.24, 2.45) is 0 Å². The Hall–Kier alpha value is -7.20. The molecule has 0 fully saturated rings. The maximum absolute atomic E-state index is 2.81. The molecule has 2 aliphatic heterocycles. The van der Waals surface area contributed by atoms with Crippen LogP contribution >= 0.6 is 0 Å². The average molecular weight is 753 g/mol. The maximum atomic E-state index is 2.55. The van der Waals surface area contributed by atoms with E-state index in [0.717, 1.165) is 0 Å². The number of nitrogens with zero attached hydrogens (tertiary/aromatic N) is 2. The Kier molecular flexibility index (Phi) is 6.43. The molecular weight excluding hydrogens is 717 g/mol. The van der Waals surface area contributed by atoms with Gasteiger partial charge in [-0.25, -0.2) is 0 Å². The van der Waals surface area contributed by atoms with Crippen molar-refractivity contribution in [3.8, 4) is 0 Å². The van der Waals surface area contributed by atoms with Gasteiger partial charge in [0.05, 0.1) is 33.3 Å². The number of para-hydroxylation sites is 4. The molecule has 58 heavy (non-hydrogen) atoms. The molecular formula is C55H36N2Si. The van der Waals surface area contributed by atoms with Gasteiger partial charge in [-0.1, -0.05) is 182 Å². The van der Waals surface area contributed by atoms with Gasteiger partial charge in [-0.15, -0.1) is 0 Å². The van der Waals surface area contributed by atoms with Gasteiger partial charge < -0.3 is 9.30 Å². The third-order valence-electron chi connectivity index (χ3n) is 13.4. The molecule has 9 aromatic carbocycles. The Balaban J connectivity index is 1.16. The molecule has 4 heterocycles. The lowest BCUT2D eigenvalue weighted by atomic mass is 9.62. The first-order chi connectivity index (χ1) is 28.8. The minimum atomic E-state index is -2.81. The summed E-state index contributed by atoms with van der Waals surface area (Å²) >= 11 is 0. The molecule has 0 radical (unpaired) electrons. The quantitative estimate of drug-likeness (QED) is 0.163. The highest BCUT2D eigenvalue weighted by atomic mass is 28.3. The lowest BCUT2D eigenvalue weighted by Crippen LogP contribution is -2.79.